The number of nitrogens with zero attached hydrogens (tertiary/aromatic N) is 4. The molecular formula is C19H31IN6O2S. The molecule has 0 amide bonds. The molecule has 0 saturated carbocycles. The number of ether oxygens (including phenoxy) is 1. The van der Waals surface area contributed by atoms with Crippen LogP contribution in [0, 0.1) is 20.8 Å². The van der Waals surface area contributed by atoms with Crippen LogP contribution in [0.1, 0.15) is 64.1 Å². The molecule has 8 nitrogen and oxygen atoms in total. The average molecular weight is 534 g/mol. The number of aliphatic imine (C=N–C) groups is 1. The van der Waals surface area contributed by atoms with Crippen LogP contribution in [0.15, 0.2) is 4.99 Å². The third-order valence-corrected chi connectivity index (χ3v) is 5.72. The highest BCUT2D eigenvalue weighted by atomic mass is 127. The first-order valence-corrected chi connectivity index (χ1v) is 10.3. The van der Waals surface area contributed by atoms with E-state index in [0.29, 0.717) is 29.7 Å². The molecule has 0 aliphatic heterocycles. The van der Waals surface area contributed by atoms with E-state index in [-0.39, 0.29) is 36.0 Å². The number of esters is 1. The van der Waals surface area contributed by atoms with Gasteiger partial charge in [0.15, 0.2) is 5.96 Å². The van der Waals surface area contributed by atoms with Gasteiger partial charge in [-0.1, -0.05) is 0 Å². The molecule has 0 radical (unpaired) electrons. The van der Waals surface area contributed by atoms with Gasteiger partial charge in [0, 0.05) is 24.8 Å². The summed E-state index contributed by atoms with van der Waals surface area (Å²) in [4.78, 5) is 21.8. The molecule has 0 bridgehead atoms. The van der Waals surface area contributed by atoms with E-state index in [4.69, 9.17) is 9.73 Å². The molecule has 0 fully saturated rings. The Labute approximate surface area is 193 Å². The van der Waals surface area contributed by atoms with Gasteiger partial charge in [-0.15, -0.1) is 35.3 Å². The minimum atomic E-state index is -0.320. The highest BCUT2D eigenvalue weighted by Gasteiger charge is 2.20. The molecule has 0 aliphatic carbocycles. The average Bonchev–Trinajstić information content (AvgIpc) is 3.14. The number of aryl methyl sites for hydroxylation is 3. The lowest BCUT2D eigenvalue weighted by Crippen LogP contribution is -2.38. The molecule has 2 rings (SSSR count). The maximum Gasteiger partial charge on any atom is 0.350 e. The molecule has 2 heterocycles. The van der Waals surface area contributed by atoms with Gasteiger partial charge in [0.25, 0.3) is 0 Å². The minimum Gasteiger partial charge on any atom is -0.462 e. The van der Waals surface area contributed by atoms with Crippen LogP contribution >= 0.6 is 35.3 Å². The van der Waals surface area contributed by atoms with Crippen molar-refractivity contribution >= 4 is 47.2 Å². The van der Waals surface area contributed by atoms with Crippen LogP contribution in [0.4, 0.5) is 0 Å². The number of aromatic nitrogens is 3. The molecule has 0 spiro atoms. The number of hydrogen-bond acceptors (Lipinski definition) is 6. The summed E-state index contributed by atoms with van der Waals surface area (Å²) in [7, 11) is 1.94. The summed E-state index contributed by atoms with van der Waals surface area (Å²) in [6.45, 7) is 13.3. The van der Waals surface area contributed by atoms with Crippen LogP contribution in [0.3, 0.4) is 0 Å². The molecule has 2 N–H and O–H groups in total. The number of thiazole rings is 1. The van der Waals surface area contributed by atoms with Crippen molar-refractivity contribution in [3.63, 3.8) is 0 Å². The Kier molecular flexibility index (Phi) is 10.0. The van der Waals surface area contributed by atoms with Crippen molar-refractivity contribution in [2.45, 2.75) is 54.1 Å². The zero-order valence-corrected chi connectivity index (χ0v) is 21.3. The number of halogens is 1. The Balaban J connectivity index is 0.00000420. The SMILES string of the molecule is CCNC(=NCc1c(C)nn(C)c1C)NC(C)c1nc(C)c(C(=O)OCC)s1.I. The first-order chi connectivity index (χ1) is 13.3. The van der Waals surface area contributed by atoms with Gasteiger partial charge in [-0.05, 0) is 41.5 Å². The second-order valence-corrected chi connectivity index (χ2v) is 7.55. The van der Waals surface area contributed by atoms with Crippen LogP contribution in [0.5, 0.6) is 0 Å². The fourth-order valence-electron chi connectivity index (χ4n) is 2.78. The predicted octanol–water partition coefficient (Wildman–Crippen LogP) is 3.41. The molecule has 0 aliphatic rings. The topological polar surface area (TPSA) is 93.4 Å². The second-order valence-electron chi connectivity index (χ2n) is 6.52. The lowest BCUT2D eigenvalue weighted by Gasteiger charge is -2.16. The predicted molar refractivity (Wildman–Crippen MR) is 127 cm³/mol. The van der Waals surface area contributed by atoms with Gasteiger partial charge in [0.05, 0.1) is 30.6 Å². The van der Waals surface area contributed by atoms with E-state index < -0.39 is 0 Å². The summed E-state index contributed by atoms with van der Waals surface area (Å²) in [6, 6.07) is -0.0965. The largest absolute Gasteiger partial charge is 0.462 e. The number of rotatable bonds is 7. The fourth-order valence-corrected chi connectivity index (χ4v) is 3.74. The Hall–Kier alpha value is -1.69. The zero-order chi connectivity index (χ0) is 20.8. The highest BCUT2D eigenvalue weighted by Crippen LogP contribution is 2.24. The molecule has 1 atom stereocenters. The summed E-state index contributed by atoms with van der Waals surface area (Å²) in [5.41, 5.74) is 3.92. The van der Waals surface area contributed by atoms with Crippen LogP contribution in [-0.2, 0) is 18.3 Å². The van der Waals surface area contributed by atoms with Crippen LogP contribution in [0.2, 0.25) is 0 Å². The number of guanidine groups is 1. The summed E-state index contributed by atoms with van der Waals surface area (Å²) in [5.74, 6) is 0.377. The molecule has 10 heteroatoms. The van der Waals surface area contributed by atoms with Crippen molar-refractivity contribution in [2.75, 3.05) is 13.2 Å². The molecule has 29 heavy (non-hydrogen) atoms. The zero-order valence-electron chi connectivity index (χ0n) is 18.1. The van der Waals surface area contributed by atoms with Gasteiger partial charge in [0.1, 0.15) is 9.88 Å². The van der Waals surface area contributed by atoms with E-state index in [1.165, 1.54) is 11.3 Å². The highest BCUT2D eigenvalue weighted by molar-refractivity contribution is 14.0. The molecule has 2 aromatic rings. The van der Waals surface area contributed by atoms with Crippen molar-refractivity contribution in [2.24, 2.45) is 12.0 Å². The second kappa shape index (κ2) is 11.5. The minimum absolute atomic E-state index is 0. The van der Waals surface area contributed by atoms with Crippen molar-refractivity contribution in [1.29, 1.82) is 0 Å². The lowest BCUT2D eigenvalue weighted by molar-refractivity contribution is 0.0531. The van der Waals surface area contributed by atoms with Gasteiger partial charge in [-0.2, -0.15) is 5.10 Å². The van der Waals surface area contributed by atoms with Crippen molar-refractivity contribution < 1.29 is 9.53 Å². The molecule has 0 saturated heterocycles. The summed E-state index contributed by atoms with van der Waals surface area (Å²) in [6.07, 6.45) is 0. The Bertz CT molecular complexity index is 861. The third kappa shape index (κ3) is 6.39. The normalized spacial score (nSPS) is 12.3. The molecule has 162 valence electrons. The standard InChI is InChI=1S/C19H30N6O2S.HI/c1-8-20-19(21-10-15-11(3)24-25(7)14(15)6)23-13(5)17-22-12(4)16(28-17)18(26)27-9-2;/h13H,8-10H2,1-7H3,(H2,20,21,23);1H. The Morgan fingerprint density at radius 1 is 1.28 bits per heavy atom. The van der Waals surface area contributed by atoms with E-state index in [0.717, 1.165) is 28.5 Å². The first-order valence-electron chi connectivity index (χ1n) is 9.46. The molecular weight excluding hydrogens is 503 g/mol. The third-order valence-electron chi connectivity index (χ3n) is 4.40. The van der Waals surface area contributed by atoms with E-state index in [1.807, 2.05) is 46.3 Å². The van der Waals surface area contributed by atoms with Crippen LogP contribution < -0.4 is 10.6 Å². The van der Waals surface area contributed by atoms with Crippen molar-refractivity contribution in [1.82, 2.24) is 25.4 Å². The quantitative estimate of drug-likeness (QED) is 0.245. The number of nitrogens with one attached hydrogen (secondary N) is 2. The number of hydrogen-bond donors (Lipinski definition) is 2. The maximum absolute atomic E-state index is 12.0. The van der Waals surface area contributed by atoms with E-state index >= 15 is 0 Å². The fraction of sp³-hybridized carbons (Fsp3) is 0.579. The Morgan fingerprint density at radius 2 is 1.97 bits per heavy atom. The maximum atomic E-state index is 12.0. The van der Waals surface area contributed by atoms with Crippen molar-refractivity contribution in [3.05, 3.63) is 32.5 Å². The number of carbonyl (C=O) groups is 1. The smallest absolute Gasteiger partial charge is 0.350 e. The van der Waals surface area contributed by atoms with E-state index in [9.17, 15) is 4.79 Å². The monoisotopic (exact) mass is 534 g/mol. The van der Waals surface area contributed by atoms with Crippen molar-refractivity contribution in [3.8, 4) is 0 Å². The van der Waals surface area contributed by atoms with E-state index in [1.54, 1.807) is 6.92 Å². The van der Waals surface area contributed by atoms with Gasteiger partial charge in [-0.25, -0.2) is 14.8 Å². The van der Waals surface area contributed by atoms with Gasteiger partial charge >= 0.3 is 5.97 Å². The Morgan fingerprint density at radius 3 is 2.52 bits per heavy atom. The molecule has 0 aromatic carbocycles. The summed E-state index contributed by atoms with van der Waals surface area (Å²) in [5, 5.41) is 11.9. The van der Waals surface area contributed by atoms with Gasteiger partial charge in [-0.3, -0.25) is 4.68 Å². The lowest BCUT2D eigenvalue weighted by atomic mass is 10.2. The van der Waals surface area contributed by atoms with Crippen LogP contribution in [-0.4, -0.2) is 39.8 Å². The van der Waals surface area contributed by atoms with E-state index in [2.05, 4.69) is 20.7 Å². The summed E-state index contributed by atoms with van der Waals surface area (Å²) >= 11 is 1.35. The molecule has 2 aromatic heterocycles. The van der Waals surface area contributed by atoms with Crippen LogP contribution in [0.25, 0.3) is 0 Å². The van der Waals surface area contributed by atoms with Gasteiger partial charge < -0.3 is 15.4 Å². The molecule has 1 unspecified atom stereocenters. The number of carbonyl (C=O) groups excluding carboxylic acids is 1. The summed E-state index contributed by atoms with van der Waals surface area (Å²) < 4.78 is 6.97. The first kappa shape index (κ1) is 25.3. The van der Waals surface area contributed by atoms with Gasteiger partial charge in [0.2, 0.25) is 0 Å².